The summed E-state index contributed by atoms with van der Waals surface area (Å²) in [5.74, 6) is 0. The molecular formula is C8H10ClNO. The topological polar surface area (TPSA) is 33.1 Å². The van der Waals surface area contributed by atoms with Gasteiger partial charge in [-0.1, -0.05) is 18.5 Å². The molecule has 60 valence electrons. The van der Waals surface area contributed by atoms with Crippen LogP contribution in [-0.4, -0.2) is 10.1 Å². The molecule has 2 nitrogen and oxygen atoms in total. The summed E-state index contributed by atoms with van der Waals surface area (Å²) >= 11 is 5.69. The van der Waals surface area contributed by atoms with Gasteiger partial charge in [-0.05, 0) is 18.6 Å². The van der Waals surface area contributed by atoms with Crippen molar-refractivity contribution < 1.29 is 5.11 Å². The Labute approximate surface area is 70.8 Å². The second-order valence-corrected chi connectivity index (χ2v) is 2.76. The number of aliphatic hydroxyl groups is 1. The zero-order valence-electron chi connectivity index (χ0n) is 6.29. The minimum absolute atomic E-state index is 0.492. The van der Waals surface area contributed by atoms with Crippen LogP contribution < -0.4 is 0 Å². The molecule has 0 amide bonds. The van der Waals surface area contributed by atoms with Crippen LogP contribution in [0.2, 0.25) is 5.02 Å². The van der Waals surface area contributed by atoms with E-state index in [1.807, 2.05) is 6.92 Å². The van der Waals surface area contributed by atoms with E-state index in [0.29, 0.717) is 17.1 Å². The van der Waals surface area contributed by atoms with Gasteiger partial charge in [-0.15, -0.1) is 0 Å². The minimum atomic E-state index is -0.492. The lowest BCUT2D eigenvalue weighted by molar-refractivity contribution is 0.169. The molecule has 11 heavy (non-hydrogen) atoms. The van der Waals surface area contributed by atoms with E-state index in [-0.39, 0.29) is 0 Å². The first kappa shape index (κ1) is 8.50. The van der Waals surface area contributed by atoms with Crippen molar-refractivity contribution in [3.05, 3.63) is 29.0 Å². The molecule has 0 saturated carbocycles. The van der Waals surface area contributed by atoms with E-state index >= 15 is 0 Å². The van der Waals surface area contributed by atoms with Crippen LogP contribution in [0.3, 0.4) is 0 Å². The van der Waals surface area contributed by atoms with Crippen molar-refractivity contribution in [3.8, 4) is 0 Å². The lowest BCUT2D eigenvalue weighted by Crippen LogP contribution is -1.97. The van der Waals surface area contributed by atoms with E-state index in [1.54, 1.807) is 18.3 Å². The first-order valence-corrected chi connectivity index (χ1v) is 3.91. The fourth-order valence-electron chi connectivity index (χ4n) is 0.813. The average Bonchev–Trinajstić information content (AvgIpc) is 2.03. The highest BCUT2D eigenvalue weighted by Crippen LogP contribution is 2.16. The maximum absolute atomic E-state index is 9.33. The van der Waals surface area contributed by atoms with Crippen molar-refractivity contribution >= 4 is 11.6 Å². The summed E-state index contributed by atoms with van der Waals surface area (Å²) < 4.78 is 0. The second-order valence-electron chi connectivity index (χ2n) is 2.32. The fraction of sp³-hybridized carbons (Fsp3) is 0.375. The quantitative estimate of drug-likeness (QED) is 0.740. The molecule has 1 N–H and O–H groups in total. The number of rotatable bonds is 2. The molecule has 1 atom stereocenters. The fourth-order valence-corrected chi connectivity index (χ4v) is 0.981. The maximum atomic E-state index is 9.33. The van der Waals surface area contributed by atoms with Crippen molar-refractivity contribution in [3.63, 3.8) is 0 Å². The number of hydrogen-bond acceptors (Lipinski definition) is 2. The minimum Gasteiger partial charge on any atom is -0.387 e. The van der Waals surface area contributed by atoms with Crippen LogP contribution in [0.4, 0.5) is 0 Å². The van der Waals surface area contributed by atoms with Crippen LogP contribution in [0.25, 0.3) is 0 Å². The second kappa shape index (κ2) is 3.69. The van der Waals surface area contributed by atoms with E-state index < -0.39 is 6.10 Å². The van der Waals surface area contributed by atoms with Gasteiger partial charge in [0.2, 0.25) is 0 Å². The van der Waals surface area contributed by atoms with Gasteiger partial charge >= 0.3 is 0 Å². The van der Waals surface area contributed by atoms with Crippen molar-refractivity contribution in [1.82, 2.24) is 4.98 Å². The lowest BCUT2D eigenvalue weighted by atomic mass is 10.2. The molecule has 0 spiro atoms. The molecule has 1 rings (SSSR count). The van der Waals surface area contributed by atoms with E-state index in [1.165, 1.54) is 0 Å². The molecule has 1 aromatic heterocycles. The first-order chi connectivity index (χ1) is 5.24. The Morgan fingerprint density at radius 1 is 1.73 bits per heavy atom. The van der Waals surface area contributed by atoms with Gasteiger partial charge in [-0.3, -0.25) is 4.98 Å². The molecule has 0 fully saturated rings. The van der Waals surface area contributed by atoms with Crippen molar-refractivity contribution in [2.75, 3.05) is 0 Å². The largest absolute Gasteiger partial charge is 0.387 e. The van der Waals surface area contributed by atoms with Gasteiger partial charge in [0, 0.05) is 11.2 Å². The van der Waals surface area contributed by atoms with Crippen molar-refractivity contribution in [1.29, 1.82) is 0 Å². The number of aromatic nitrogens is 1. The van der Waals surface area contributed by atoms with Crippen LogP contribution in [0.5, 0.6) is 0 Å². The summed E-state index contributed by atoms with van der Waals surface area (Å²) in [4.78, 5) is 3.98. The van der Waals surface area contributed by atoms with Gasteiger partial charge in [0.15, 0.2) is 0 Å². The van der Waals surface area contributed by atoms with Crippen LogP contribution >= 0.6 is 11.6 Å². The number of nitrogens with zero attached hydrogens (tertiary/aromatic N) is 1. The smallest absolute Gasteiger partial charge is 0.0957 e. The summed E-state index contributed by atoms with van der Waals surface area (Å²) in [7, 11) is 0. The Balaban J connectivity index is 2.86. The Morgan fingerprint density at radius 3 is 3.00 bits per heavy atom. The molecule has 0 bridgehead atoms. The number of halogens is 1. The van der Waals surface area contributed by atoms with Crippen LogP contribution in [-0.2, 0) is 0 Å². The third kappa shape index (κ3) is 2.17. The predicted molar refractivity (Wildman–Crippen MR) is 44.5 cm³/mol. The molecule has 0 radical (unpaired) electrons. The van der Waals surface area contributed by atoms with Gasteiger partial charge < -0.3 is 5.11 Å². The highest BCUT2D eigenvalue weighted by Gasteiger charge is 2.05. The molecule has 0 aliphatic rings. The Morgan fingerprint density at radius 2 is 2.45 bits per heavy atom. The Kier molecular flexibility index (Phi) is 2.85. The summed E-state index contributed by atoms with van der Waals surface area (Å²) in [5.41, 5.74) is 0.639. The SMILES string of the molecule is CCC(O)c1cc(Cl)ccn1. The number of pyridine rings is 1. The van der Waals surface area contributed by atoms with Gasteiger partial charge in [0.05, 0.1) is 11.8 Å². The highest BCUT2D eigenvalue weighted by molar-refractivity contribution is 6.30. The summed E-state index contributed by atoms with van der Waals surface area (Å²) in [6.45, 7) is 1.90. The monoisotopic (exact) mass is 171 g/mol. The zero-order chi connectivity index (χ0) is 8.27. The molecule has 0 aliphatic heterocycles. The van der Waals surface area contributed by atoms with E-state index in [4.69, 9.17) is 11.6 Å². The molecule has 1 heterocycles. The summed E-state index contributed by atoms with van der Waals surface area (Å²) in [5, 5.41) is 9.95. The van der Waals surface area contributed by atoms with Crippen molar-refractivity contribution in [2.45, 2.75) is 19.4 Å². The van der Waals surface area contributed by atoms with E-state index in [2.05, 4.69) is 4.98 Å². The normalized spacial score (nSPS) is 13.0. The maximum Gasteiger partial charge on any atom is 0.0957 e. The lowest BCUT2D eigenvalue weighted by Gasteiger charge is -2.05. The molecule has 0 aliphatic carbocycles. The molecule has 1 aromatic rings. The molecule has 3 heteroatoms. The van der Waals surface area contributed by atoms with Crippen molar-refractivity contribution in [2.24, 2.45) is 0 Å². The van der Waals surface area contributed by atoms with Crippen LogP contribution in [0.15, 0.2) is 18.3 Å². The van der Waals surface area contributed by atoms with Gasteiger partial charge in [0.25, 0.3) is 0 Å². The Bertz CT molecular complexity index is 239. The van der Waals surface area contributed by atoms with Gasteiger partial charge in [-0.2, -0.15) is 0 Å². The standard InChI is InChI=1S/C8H10ClNO/c1-2-8(11)7-5-6(9)3-4-10-7/h3-5,8,11H,2H2,1H3. The molecule has 1 unspecified atom stereocenters. The van der Waals surface area contributed by atoms with Gasteiger partial charge in [0.1, 0.15) is 0 Å². The highest BCUT2D eigenvalue weighted by atomic mass is 35.5. The Hall–Kier alpha value is -0.600. The first-order valence-electron chi connectivity index (χ1n) is 3.53. The number of hydrogen-bond donors (Lipinski definition) is 1. The van der Waals surface area contributed by atoms with E-state index in [9.17, 15) is 5.11 Å². The molecular weight excluding hydrogens is 162 g/mol. The average molecular weight is 172 g/mol. The van der Waals surface area contributed by atoms with Crippen LogP contribution in [0.1, 0.15) is 25.1 Å². The zero-order valence-corrected chi connectivity index (χ0v) is 7.04. The summed E-state index contributed by atoms with van der Waals surface area (Å²) in [6, 6.07) is 3.36. The predicted octanol–water partition coefficient (Wildman–Crippen LogP) is 2.18. The van der Waals surface area contributed by atoms with E-state index in [0.717, 1.165) is 0 Å². The third-order valence-corrected chi connectivity index (χ3v) is 1.71. The molecule has 0 aromatic carbocycles. The van der Waals surface area contributed by atoms with Crippen LogP contribution in [0, 0.1) is 0 Å². The summed E-state index contributed by atoms with van der Waals surface area (Å²) in [6.07, 6.45) is 1.76. The third-order valence-electron chi connectivity index (χ3n) is 1.47. The molecule has 0 saturated heterocycles. The number of aliphatic hydroxyl groups excluding tert-OH is 1. The van der Waals surface area contributed by atoms with Gasteiger partial charge in [-0.25, -0.2) is 0 Å².